The first-order valence-electron chi connectivity index (χ1n) is 8.57. The summed E-state index contributed by atoms with van der Waals surface area (Å²) in [4.78, 5) is 17.5. The van der Waals surface area contributed by atoms with Gasteiger partial charge in [-0.2, -0.15) is 0 Å². The molecule has 2 aromatic heterocycles. The first kappa shape index (κ1) is 20.4. The summed E-state index contributed by atoms with van der Waals surface area (Å²) in [6, 6.07) is 5.15. The lowest BCUT2D eigenvalue weighted by Crippen LogP contribution is -2.06. The van der Waals surface area contributed by atoms with Crippen molar-refractivity contribution >= 4 is 34.5 Å². The smallest absolute Gasteiger partial charge is 0.342 e. The van der Waals surface area contributed by atoms with Crippen LogP contribution in [0.4, 0.5) is 0 Å². The van der Waals surface area contributed by atoms with Crippen LogP contribution in [0.25, 0.3) is 11.0 Å². The molecule has 0 radical (unpaired) electrons. The third-order valence-corrected chi connectivity index (χ3v) is 4.46. The molecule has 1 aromatic carbocycles. The van der Waals surface area contributed by atoms with E-state index in [9.17, 15) is 4.79 Å². The first-order chi connectivity index (χ1) is 13.1. The van der Waals surface area contributed by atoms with E-state index in [1.165, 1.54) is 11.3 Å². The van der Waals surface area contributed by atoms with E-state index in [-0.39, 0.29) is 17.9 Å². The van der Waals surface area contributed by atoms with Crippen LogP contribution in [0.1, 0.15) is 47.5 Å². The van der Waals surface area contributed by atoms with Crippen molar-refractivity contribution in [1.29, 1.82) is 0 Å². The number of fused-ring (bicyclic) bond motifs is 1. The third-order valence-electron chi connectivity index (χ3n) is 3.56. The van der Waals surface area contributed by atoms with Gasteiger partial charge < -0.3 is 19.1 Å². The van der Waals surface area contributed by atoms with E-state index in [2.05, 4.69) is 10.1 Å². The average molecular weight is 390 g/mol. The number of furan rings is 1. The zero-order chi connectivity index (χ0) is 19.8. The average Bonchev–Trinajstić information content (AvgIpc) is 3.24. The Morgan fingerprint density at radius 2 is 2.19 bits per heavy atom. The monoisotopic (exact) mass is 390 g/mol. The van der Waals surface area contributed by atoms with Crippen molar-refractivity contribution < 1.29 is 23.9 Å². The molecule has 0 spiro atoms. The molecule has 0 aliphatic carbocycles. The van der Waals surface area contributed by atoms with Crippen LogP contribution in [0.3, 0.4) is 0 Å². The van der Waals surface area contributed by atoms with E-state index in [0.717, 1.165) is 16.8 Å². The number of hydrogen-bond acceptors (Lipinski definition) is 8. The molecule has 0 atom stereocenters. The molecule has 0 fully saturated rings. The molecule has 7 nitrogen and oxygen atoms in total. The SMILES string of the molecule is CC.CCOC(=O)c1c(/C=N/O)oc2ccc(OCc3scnc3C)cc12. The maximum Gasteiger partial charge on any atom is 0.342 e. The minimum absolute atomic E-state index is 0.131. The van der Waals surface area contributed by atoms with Crippen molar-refractivity contribution in [2.75, 3.05) is 6.61 Å². The normalized spacial score (nSPS) is 10.7. The number of oxime groups is 1. The summed E-state index contributed by atoms with van der Waals surface area (Å²) in [6.45, 7) is 8.25. The van der Waals surface area contributed by atoms with Gasteiger partial charge in [-0.25, -0.2) is 9.78 Å². The van der Waals surface area contributed by atoms with Crippen LogP contribution in [-0.4, -0.2) is 29.0 Å². The van der Waals surface area contributed by atoms with E-state index in [0.29, 0.717) is 23.3 Å². The van der Waals surface area contributed by atoms with Crippen LogP contribution in [0.5, 0.6) is 5.75 Å². The topological polar surface area (TPSA) is 94.2 Å². The number of esters is 1. The number of carbonyl (C=O) groups is 1. The van der Waals surface area contributed by atoms with Crippen LogP contribution >= 0.6 is 11.3 Å². The molecular weight excluding hydrogens is 368 g/mol. The van der Waals surface area contributed by atoms with Gasteiger partial charge in [0.25, 0.3) is 0 Å². The highest BCUT2D eigenvalue weighted by atomic mass is 32.1. The lowest BCUT2D eigenvalue weighted by atomic mass is 10.1. The summed E-state index contributed by atoms with van der Waals surface area (Å²) in [5, 5.41) is 12.3. The molecule has 0 saturated heterocycles. The quantitative estimate of drug-likeness (QED) is 0.281. The van der Waals surface area contributed by atoms with E-state index < -0.39 is 5.97 Å². The van der Waals surface area contributed by atoms with Gasteiger partial charge in [0.05, 0.1) is 22.7 Å². The van der Waals surface area contributed by atoms with Gasteiger partial charge in [0, 0.05) is 5.39 Å². The van der Waals surface area contributed by atoms with Crippen molar-refractivity contribution in [3.63, 3.8) is 0 Å². The molecule has 27 heavy (non-hydrogen) atoms. The van der Waals surface area contributed by atoms with Crippen LogP contribution in [0.15, 0.2) is 33.3 Å². The lowest BCUT2D eigenvalue weighted by Gasteiger charge is -2.05. The highest BCUT2D eigenvalue weighted by Crippen LogP contribution is 2.30. The number of benzene rings is 1. The molecule has 0 aliphatic heterocycles. The number of aryl methyl sites for hydroxylation is 1. The maximum absolute atomic E-state index is 12.2. The van der Waals surface area contributed by atoms with Crippen molar-refractivity contribution in [1.82, 2.24) is 4.98 Å². The molecule has 3 aromatic rings. The number of thiazole rings is 1. The molecule has 0 amide bonds. The van der Waals surface area contributed by atoms with E-state index in [1.807, 2.05) is 20.8 Å². The van der Waals surface area contributed by atoms with Crippen molar-refractivity contribution in [2.24, 2.45) is 5.16 Å². The Kier molecular flexibility index (Phi) is 7.36. The Balaban J connectivity index is 0.00000126. The summed E-state index contributed by atoms with van der Waals surface area (Å²) in [5.74, 6) is 0.164. The van der Waals surface area contributed by atoms with Gasteiger partial charge >= 0.3 is 5.97 Å². The van der Waals surface area contributed by atoms with Crippen LogP contribution in [-0.2, 0) is 11.3 Å². The molecule has 0 saturated carbocycles. The van der Waals surface area contributed by atoms with E-state index in [4.69, 9.17) is 19.1 Å². The van der Waals surface area contributed by atoms with Gasteiger partial charge in [-0.15, -0.1) is 11.3 Å². The molecule has 8 heteroatoms. The summed E-state index contributed by atoms with van der Waals surface area (Å²) < 4.78 is 16.4. The van der Waals surface area contributed by atoms with Crippen LogP contribution in [0.2, 0.25) is 0 Å². The fourth-order valence-electron chi connectivity index (χ4n) is 2.36. The molecule has 144 valence electrons. The largest absolute Gasteiger partial charge is 0.488 e. The Morgan fingerprint density at radius 3 is 2.81 bits per heavy atom. The van der Waals surface area contributed by atoms with Crippen molar-refractivity contribution in [3.05, 3.63) is 45.6 Å². The molecule has 0 aliphatic rings. The predicted octanol–water partition coefficient (Wildman–Crippen LogP) is 4.79. The molecule has 2 heterocycles. The Morgan fingerprint density at radius 1 is 1.41 bits per heavy atom. The highest BCUT2D eigenvalue weighted by molar-refractivity contribution is 7.09. The van der Waals surface area contributed by atoms with Gasteiger partial charge in [0.1, 0.15) is 29.7 Å². The summed E-state index contributed by atoms with van der Waals surface area (Å²) in [6.07, 6.45) is 1.06. The Bertz CT molecular complexity index is 929. The minimum atomic E-state index is -0.549. The molecule has 3 rings (SSSR count). The molecule has 0 unspecified atom stereocenters. The first-order valence-corrected chi connectivity index (χ1v) is 9.44. The number of aromatic nitrogens is 1. The van der Waals surface area contributed by atoms with Gasteiger partial charge in [0.2, 0.25) is 0 Å². The molecular formula is C19H22N2O5S. The van der Waals surface area contributed by atoms with Crippen molar-refractivity contribution in [2.45, 2.75) is 34.3 Å². The minimum Gasteiger partial charge on any atom is -0.488 e. The second kappa shape index (κ2) is 9.72. The second-order valence-corrected chi connectivity index (χ2v) is 6.05. The number of ether oxygens (including phenoxy) is 2. The second-order valence-electron chi connectivity index (χ2n) is 5.11. The fraction of sp³-hybridized carbons (Fsp3) is 0.316. The predicted molar refractivity (Wildman–Crippen MR) is 104 cm³/mol. The summed E-state index contributed by atoms with van der Waals surface area (Å²) in [5.41, 5.74) is 3.38. The number of hydrogen-bond donors (Lipinski definition) is 1. The number of rotatable bonds is 6. The summed E-state index contributed by atoms with van der Waals surface area (Å²) >= 11 is 1.52. The van der Waals surface area contributed by atoms with Gasteiger partial charge in [-0.05, 0) is 32.0 Å². The van der Waals surface area contributed by atoms with E-state index >= 15 is 0 Å². The van der Waals surface area contributed by atoms with Crippen LogP contribution in [0, 0.1) is 6.92 Å². The standard InChI is InChI=1S/C17H16N2O5S.C2H6/c1-3-22-17(20)16-12-6-11(23-8-15-10(2)18-9-25-15)4-5-13(12)24-14(16)7-19-21;1-2/h4-7,9,21H,3,8H2,1-2H3;1-2H3/b19-7+;. The summed E-state index contributed by atoms with van der Waals surface area (Å²) in [7, 11) is 0. The van der Waals surface area contributed by atoms with Gasteiger partial charge in [-0.1, -0.05) is 19.0 Å². The molecule has 1 N–H and O–H groups in total. The fourth-order valence-corrected chi connectivity index (χ4v) is 3.04. The highest BCUT2D eigenvalue weighted by Gasteiger charge is 2.21. The zero-order valence-corrected chi connectivity index (χ0v) is 16.5. The van der Waals surface area contributed by atoms with Gasteiger partial charge in [0.15, 0.2) is 5.76 Å². The Labute approximate surface area is 161 Å². The Hall–Kier alpha value is -2.87. The number of nitrogens with zero attached hydrogens (tertiary/aromatic N) is 2. The zero-order valence-electron chi connectivity index (χ0n) is 15.7. The third kappa shape index (κ3) is 4.65. The molecule has 0 bridgehead atoms. The number of carbonyl (C=O) groups excluding carboxylic acids is 1. The van der Waals surface area contributed by atoms with Crippen LogP contribution < -0.4 is 4.74 Å². The maximum atomic E-state index is 12.2. The van der Waals surface area contributed by atoms with Gasteiger partial charge in [-0.3, -0.25) is 0 Å². The lowest BCUT2D eigenvalue weighted by molar-refractivity contribution is 0.0527. The van der Waals surface area contributed by atoms with Crippen molar-refractivity contribution in [3.8, 4) is 5.75 Å². The van der Waals surface area contributed by atoms with E-state index in [1.54, 1.807) is 30.6 Å².